The van der Waals surface area contributed by atoms with Crippen LogP contribution in [0.4, 0.5) is 0 Å². The molecular weight excluding hydrogens is 250 g/mol. The summed E-state index contributed by atoms with van der Waals surface area (Å²) in [6.45, 7) is 0.203. The van der Waals surface area contributed by atoms with Crippen molar-refractivity contribution in [2.45, 2.75) is 4.21 Å². The van der Waals surface area contributed by atoms with Gasteiger partial charge in [0, 0.05) is 10.8 Å². The Bertz CT molecular complexity index is 633. The highest BCUT2D eigenvalue weighted by atomic mass is 32.2. The monoisotopic (exact) mass is 257 g/mol. The Hall–Kier alpha value is -1.31. The van der Waals surface area contributed by atoms with Crippen LogP contribution in [0.2, 0.25) is 0 Å². The summed E-state index contributed by atoms with van der Waals surface area (Å²) in [5, 5.41) is 5.85. The summed E-state index contributed by atoms with van der Waals surface area (Å²) in [5.41, 5.74) is 0. The molecule has 1 aliphatic heterocycles. The Kier molecular flexibility index (Phi) is 1.91. The van der Waals surface area contributed by atoms with Crippen molar-refractivity contribution in [3.05, 3.63) is 18.2 Å². The van der Waals surface area contributed by atoms with E-state index in [1.165, 1.54) is 6.07 Å². The lowest BCUT2D eigenvalue weighted by Gasteiger charge is -1.94. The molecule has 2 N–H and O–H groups in total. The SMILES string of the molecule is NS(=O)(=O)c1cc2cc3c(cc2s1)OCO3. The van der Waals surface area contributed by atoms with E-state index < -0.39 is 10.0 Å². The fraction of sp³-hybridized carbons (Fsp3) is 0.111. The molecule has 0 amide bonds. The van der Waals surface area contributed by atoms with Crippen molar-refractivity contribution in [2.75, 3.05) is 6.79 Å². The van der Waals surface area contributed by atoms with Crippen LogP contribution < -0.4 is 14.6 Å². The van der Waals surface area contributed by atoms with E-state index >= 15 is 0 Å². The molecule has 0 unspecified atom stereocenters. The van der Waals surface area contributed by atoms with Crippen LogP contribution in [0.3, 0.4) is 0 Å². The molecule has 1 aromatic carbocycles. The number of ether oxygens (including phenoxy) is 2. The van der Waals surface area contributed by atoms with Crippen LogP contribution in [0, 0.1) is 0 Å². The number of hydrogen-bond donors (Lipinski definition) is 1. The molecule has 84 valence electrons. The van der Waals surface area contributed by atoms with Crippen LogP contribution in [0.25, 0.3) is 10.1 Å². The quantitative estimate of drug-likeness (QED) is 0.834. The Morgan fingerprint density at radius 3 is 2.56 bits per heavy atom. The maximum absolute atomic E-state index is 11.2. The summed E-state index contributed by atoms with van der Waals surface area (Å²) < 4.78 is 33.7. The smallest absolute Gasteiger partial charge is 0.247 e. The van der Waals surface area contributed by atoms with Gasteiger partial charge in [0.15, 0.2) is 11.5 Å². The fourth-order valence-electron chi connectivity index (χ4n) is 1.55. The molecule has 0 radical (unpaired) electrons. The van der Waals surface area contributed by atoms with Crippen LogP contribution in [0.5, 0.6) is 11.5 Å². The number of hydrogen-bond acceptors (Lipinski definition) is 5. The molecule has 16 heavy (non-hydrogen) atoms. The number of thiophene rings is 1. The Morgan fingerprint density at radius 1 is 1.19 bits per heavy atom. The van der Waals surface area contributed by atoms with Gasteiger partial charge in [0.1, 0.15) is 4.21 Å². The second-order valence-corrected chi connectivity index (χ2v) is 6.23. The fourth-order valence-corrected chi connectivity index (χ4v) is 3.37. The van der Waals surface area contributed by atoms with E-state index in [9.17, 15) is 8.42 Å². The molecule has 3 rings (SSSR count). The van der Waals surface area contributed by atoms with Crippen LogP contribution in [0.1, 0.15) is 0 Å². The van der Waals surface area contributed by atoms with Gasteiger partial charge in [-0.15, -0.1) is 11.3 Å². The molecule has 2 aromatic rings. The van der Waals surface area contributed by atoms with Gasteiger partial charge in [-0.05, 0) is 17.5 Å². The van der Waals surface area contributed by atoms with Gasteiger partial charge in [0.2, 0.25) is 16.8 Å². The van der Waals surface area contributed by atoms with E-state index in [2.05, 4.69) is 0 Å². The summed E-state index contributed by atoms with van der Waals surface area (Å²) in [6, 6.07) is 5.05. The largest absolute Gasteiger partial charge is 0.454 e. The van der Waals surface area contributed by atoms with E-state index in [1.54, 1.807) is 12.1 Å². The number of sulfonamides is 1. The first kappa shape index (κ1) is 9.88. The average Bonchev–Trinajstić information content (AvgIpc) is 2.75. The van der Waals surface area contributed by atoms with Gasteiger partial charge in [-0.25, -0.2) is 13.6 Å². The summed E-state index contributed by atoms with van der Waals surface area (Å²) in [6.07, 6.45) is 0. The maximum atomic E-state index is 11.2. The van der Waals surface area contributed by atoms with Gasteiger partial charge in [-0.2, -0.15) is 0 Å². The maximum Gasteiger partial charge on any atom is 0.247 e. The minimum atomic E-state index is -3.64. The lowest BCUT2D eigenvalue weighted by molar-refractivity contribution is 0.174. The van der Waals surface area contributed by atoms with Crippen molar-refractivity contribution in [1.29, 1.82) is 0 Å². The second-order valence-electron chi connectivity index (χ2n) is 3.35. The highest BCUT2D eigenvalue weighted by molar-refractivity contribution is 7.91. The third-order valence-electron chi connectivity index (χ3n) is 2.27. The lowest BCUT2D eigenvalue weighted by atomic mass is 10.2. The summed E-state index contributed by atoms with van der Waals surface area (Å²) in [7, 11) is -3.64. The van der Waals surface area contributed by atoms with E-state index in [4.69, 9.17) is 14.6 Å². The van der Waals surface area contributed by atoms with Crippen LogP contribution in [0.15, 0.2) is 22.4 Å². The van der Waals surface area contributed by atoms with Crippen LogP contribution in [-0.4, -0.2) is 15.2 Å². The molecule has 1 aromatic heterocycles. The molecule has 2 heterocycles. The van der Waals surface area contributed by atoms with Crippen molar-refractivity contribution in [3.63, 3.8) is 0 Å². The number of benzene rings is 1. The number of primary sulfonamides is 1. The zero-order valence-corrected chi connectivity index (χ0v) is 9.60. The molecule has 0 atom stereocenters. The van der Waals surface area contributed by atoms with Crippen molar-refractivity contribution in [3.8, 4) is 11.5 Å². The predicted molar refractivity (Wildman–Crippen MR) is 59.3 cm³/mol. The molecular formula is C9H7NO4S2. The highest BCUT2D eigenvalue weighted by Crippen LogP contribution is 2.39. The molecule has 0 bridgehead atoms. The van der Waals surface area contributed by atoms with Gasteiger partial charge >= 0.3 is 0 Å². The van der Waals surface area contributed by atoms with Gasteiger partial charge in [0.25, 0.3) is 0 Å². The number of fused-ring (bicyclic) bond motifs is 2. The van der Waals surface area contributed by atoms with E-state index in [-0.39, 0.29) is 11.0 Å². The molecule has 0 saturated carbocycles. The third-order valence-corrected chi connectivity index (χ3v) is 4.79. The van der Waals surface area contributed by atoms with Crippen molar-refractivity contribution in [2.24, 2.45) is 5.14 Å². The number of nitrogens with two attached hydrogens (primary N) is 1. The normalized spacial score (nSPS) is 14.6. The van der Waals surface area contributed by atoms with Gasteiger partial charge < -0.3 is 9.47 Å². The van der Waals surface area contributed by atoms with Crippen molar-refractivity contribution >= 4 is 31.4 Å². The molecule has 1 aliphatic rings. The minimum absolute atomic E-state index is 0.145. The summed E-state index contributed by atoms with van der Waals surface area (Å²) >= 11 is 1.12. The lowest BCUT2D eigenvalue weighted by Crippen LogP contribution is -2.09. The first-order valence-corrected chi connectivity index (χ1v) is 6.76. The van der Waals surface area contributed by atoms with Crippen molar-refractivity contribution in [1.82, 2.24) is 0 Å². The molecule has 5 nitrogen and oxygen atoms in total. The third kappa shape index (κ3) is 1.44. The standard InChI is InChI=1S/C9H7NO4S2/c10-16(11,12)9-2-5-1-6-7(14-4-13-6)3-8(5)15-9/h1-3H,4H2,(H2,10,11,12). The second kappa shape index (κ2) is 3.09. The van der Waals surface area contributed by atoms with Crippen molar-refractivity contribution < 1.29 is 17.9 Å². The molecule has 0 fully saturated rings. The van der Waals surface area contributed by atoms with Gasteiger partial charge in [-0.1, -0.05) is 0 Å². The zero-order valence-electron chi connectivity index (χ0n) is 7.97. The first-order chi connectivity index (χ1) is 7.54. The Balaban J connectivity index is 2.27. The Morgan fingerprint density at radius 2 is 1.88 bits per heavy atom. The zero-order chi connectivity index (χ0) is 11.3. The molecule has 0 aliphatic carbocycles. The summed E-state index contributed by atoms with van der Waals surface area (Å²) in [5.74, 6) is 1.27. The molecule has 7 heteroatoms. The van der Waals surface area contributed by atoms with E-state index in [1.807, 2.05) is 0 Å². The summed E-state index contributed by atoms with van der Waals surface area (Å²) in [4.78, 5) is 0. The predicted octanol–water partition coefficient (Wildman–Crippen LogP) is 1.28. The number of rotatable bonds is 1. The van der Waals surface area contributed by atoms with E-state index in [0.29, 0.717) is 11.5 Å². The molecule has 0 spiro atoms. The van der Waals surface area contributed by atoms with Gasteiger partial charge in [-0.3, -0.25) is 0 Å². The minimum Gasteiger partial charge on any atom is -0.454 e. The molecule has 0 saturated heterocycles. The van der Waals surface area contributed by atoms with E-state index in [0.717, 1.165) is 21.4 Å². The van der Waals surface area contributed by atoms with Crippen LogP contribution >= 0.6 is 11.3 Å². The first-order valence-electron chi connectivity index (χ1n) is 4.40. The average molecular weight is 257 g/mol. The van der Waals surface area contributed by atoms with Crippen LogP contribution in [-0.2, 0) is 10.0 Å². The highest BCUT2D eigenvalue weighted by Gasteiger charge is 2.18. The van der Waals surface area contributed by atoms with Gasteiger partial charge in [0.05, 0.1) is 0 Å². The topological polar surface area (TPSA) is 78.6 Å². The Labute approximate surface area is 95.4 Å².